The van der Waals surface area contributed by atoms with Gasteiger partial charge in [-0.3, -0.25) is 0 Å². The molecule has 0 fully saturated rings. The first-order chi connectivity index (χ1) is 16.3. The van der Waals surface area contributed by atoms with Crippen molar-refractivity contribution in [2.45, 2.75) is 90.9 Å². The van der Waals surface area contributed by atoms with Gasteiger partial charge in [-0.15, -0.1) is 0 Å². The van der Waals surface area contributed by atoms with Crippen molar-refractivity contribution < 1.29 is 9.47 Å². The van der Waals surface area contributed by atoms with E-state index >= 15 is 0 Å². The third-order valence-electron chi connectivity index (χ3n) is 6.21. The number of hydrogen-bond donors (Lipinski definition) is 0. The van der Waals surface area contributed by atoms with Crippen molar-refractivity contribution in [2.75, 3.05) is 6.61 Å². The Morgan fingerprint density at radius 2 is 1.42 bits per heavy atom. The fourth-order valence-corrected chi connectivity index (χ4v) is 4.75. The Morgan fingerprint density at radius 1 is 0.758 bits per heavy atom. The third-order valence-corrected chi connectivity index (χ3v) is 6.76. The van der Waals surface area contributed by atoms with E-state index in [1.54, 1.807) is 0 Å². The second-order valence-electron chi connectivity index (χ2n) is 9.02. The van der Waals surface area contributed by atoms with Crippen LogP contribution in [-0.4, -0.2) is 15.4 Å². The van der Waals surface area contributed by atoms with Crippen molar-refractivity contribution in [3.8, 4) is 17.2 Å². The number of fused-ring (bicyclic) bond motifs is 1. The van der Waals surface area contributed by atoms with Crippen LogP contribution in [0, 0.1) is 5.92 Å². The molecule has 3 aromatic rings. The molecule has 3 rings (SSSR count). The number of aromatic nitrogens is 2. The molecule has 5 heteroatoms. The summed E-state index contributed by atoms with van der Waals surface area (Å²) in [6.07, 6.45) is 15.7. The van der Waals surface area contributed by atoms with Gasteiger partial charge in [0.1, 0.15) is 11.3 Å². The van der Waals surface area contributed by atoms with E-state index in [1.807, 2.05) is 42.5 Å². The summed E-state index contributed by atoms with van der Waals surface area (Å²) >= 11 is 1.21. The monoisotopic (exact) mass is 468 g/mol. The van der Waals surface area contributed by atoms with E-state index < -0.39 is 0 Å². The summed E-state index contributed by atoms with van der Waals surface area (Å²) in [5.74, 6) is 2.81. The minimum Gasteiger partial charge on any atom is -0.489 e. The average molecular weight is 469 g/mol. The molecule has 0 radical (unpaired) electrons. The van der Waals surface area contributed by atoms with Crippen molar-refractivity contribution in [1.82, 2.24) is 8.75 Å². The van der Waals surface area contributed by atoms with Gasteiger partial charge in [0, 0.05) is 0 Å². The SMILES string of the molecule is CCCCCCCCC(CCCCCC)COc1ccc2nsnc2c1Oc1ccccc1. The number of para-hydroxylation sites is 1. The molecule has 0 saturated carbocycles. The summed E-state index contributed by atoms with van der Waals surface area (Å²) in [5.41, 5.74) is 1.62. The van der Waals surface area contributed by atoms with Gasteiger partial charge in [-0.2, -0.15) is 8.75 Å². The molecule has 0 aliphatic rings. The van der Waals surface area contributed by atoms with E-state index in [0.717, 1.165) is 29.1 Å². The van der Waals surface area contributed by atoms with Gasteiger partial charge < -0.3 is 9.47 Å². The molecular weight excluding hydrogens is 428 g/mol. The molecule has 0 bridgehead atoms. The largest absolute Gasteiger partial charge is 0.489 e. The first kappa shape index (κ1) is 25.5. The molecule has 1 unspecified atom stereocenters. The highest BCUT2D eigenvalue weighted by molar-refractivity contribution is 7.00. The number of benzene rings is 2. The maximum absolute atomic E-state index is 6.41. The Morgan fingerprint density at radius 3 is 2.15 bits per heavy atom. The van der Waals surface area contributed by atoms with Crippen LogP contribution in [0.3, 0.4) is 0 Å². The smallest absolute Gasteiger partial charge is 0.198 e. The van der Waals surface area contributed by atoms with Crippen molar-refractivity contribution in [2.24, 2.45) is 5.92 Å². The van der Waals surface area contributed by atoms with Gasteiger partial charge >= 0.3 is 0 Å². The lowest BCUT2D eigenvalue weighted by molar-refractivity contribution is 0.219. The molecule has 4 nitrogen and oxygen atoms in total. The van der Waals surface area contributed by atoms with Gasteiger partial charge in [0.15, 0.2) is 17.0 Å². The van der Waals surface area contributed by atoms with Gasteiger partial charge in [0.05, 0.1) is 18.3 Å². The summed E-state index contributed by atoms with van der Waals surface area (Å²) in [4.78, 5) is 0. The highest BCUT2D eigenvalue weighted by atomic mass is 32.1. The quantitative estimate of drug-likeness (QED) is 0.185. The first-order valence-electron chi connectivity index (χ1n) is 12.9. The van der Waals surface area contributed by atoms with Gasteiger partial charge in [-0.1, -0.05) is 96.3 Å². The Kier molecular flexibility index (Phi) is 11.5. The molecule has 2 aromatic carbocycles. The molecule has 1 atom stereocenters. The van der Waals surface area contributed by atoms with Gasteiger partial charge in [0.25, 0.3) is 0 Å². The predicted octanol–water partition coefficient (Wildman–Crippen LogP) is 9.20. The molecule has 0 amide bonds. The molecule has 0 aliphatic carbocycles. The van der Waals surface area contributed by atoms with Crippen molar-refractivity contribution in [3.05, 3.63) is 42.5 Å². The molecule has 0 aliphatic heterocycles. The van der Waals surface area contributed by atoms with E-state index in [1.165, 1.54) is 88.8 Å². The average Bonchev–Trinajstić information content (AvgIpc) is 3.33. The number of nitrogens with zero attached hydrogens (tertiary/aromatic N) is 2. The van der Waals surface area contributed by atoms with Crippen LogP contribution in [0.25, 0.3) is 11.0 Å². The van der Waals surface area contributed by atoms with Crippen LogP contribution in [0.15, 0.2) is 42.5 Å². The van der Waals surface area contributed by atoms with Crippen LogP contribution < -0.4 is 9.47 Å². The van der Waals surface area contributed by atoms with Gasteiger partial charge in [0.2, 0.25) is 0 Å². The fraction of sp³-hybridized carbons (Fsp3) is 0.571. The van der Waals surface area contributed by atoms with Crippen LogP contribution >= 0.6 is 11.7 Å². The first-order valence-corrected chi connectivity index (χ1v) is 13.7. The van der Waals surface area contributed by atoms with Crippen LogP contribution in [0.4, 0.5) is 0 Å². The summed E-state index contributed by atoms with van der Waals surface area (Å²) in [6.45, 7) is 5.28. The second-order valence-corrected chi connectivity index (χ2v) is 9.55. The third kappa shape index (κ3) is 8.62. The highest BCUT2D eigenvalue weighted by Crippen LogP contribution is 2.38. The van der Waals surface area contributed by atoms with Crippen LogP contribution in [-0.2, 0) is 0 Å². The lowest BCUT2D eigenvalue weighted by Crippen LogP contribution is -2.13. The van der Waals surface area contributed by atoms with Crippen LogP contribution in [0.2, 0.25) is 0 Å². The summed E-state index contributed by atoms with van der Waals surface area (Å²) in [5, 5.41) is 0. The lowest BCUT2D eigenvalue weighted by Gasteiger charge is -2.19. The second kappa shape index (κ2) is 14.9. The maximum atomic E-state index is 6.41. The Hall–Kier alpha value is -2.14. The van der Waals surface area contributed by atoms with Gasteiger partial charge in [-0.25, -0.2) is 0 Å². The Balaban J connectivity index is 1.63. The summed E-state index contributed by atoms with van der Waals surface area (Å²) in [7, 11) is 0. The number of hydrogen-bond acceptors (Lipinski definition) is 5. The lowest BCUT2D eigenvalue weighted by atomic mass is 9.95. The van der Waals surface area contributed by atoms with Crippen molar-refractivity contribution in [3.63, 3.8) is 0 Å². The molecular formula is C28H40N2O2S. The van der Waals surface area contributed by atoms with Crippen LogP contribution in [0.1, 0.15) is 90.9 Å². The fourth-order valence-electron chi connectivity index (χ4n) is 4.22. The van der Waals surface area contributed by atoms with Crippen molar-refractivity contribution in [1.29, 1.82) is 0 Å². The maximum Gasteiger partial charge on any atom is 0.198 e. The zero-order chi connectivity index (χ0) is 23.1. The molecule has 180 valence electrons. The molecule has 0 spiro atoms. The molecule has 33 heavy (non-hydrogen) atoms. The predicted molar refractivity (Wildman–Crippen MR) is 140 cm³/mol. The van der Waals surface area contributed by atoms with Crippen LogP contribution in [0.5, 0.6) is 17.2 Å². The van der Waals surface area contributed by atoms with Gasteiger partial charge in [-0.05, 0) is 43.0 Å². The van der Waals surface area contributed by atoms with E-state index in [4.69, 9.17) is 9.47 Å². The normalized spacial score (nSPS) is 12.2. The standard InChI is InChI=1S/C28H40N2O2S/c1-3-5-7-9-10-13-17-23(16-12-8-6-4-2)22-31-26-21-20-25-27(30-33-29-25)28(26)32-24-18-14-11-15-19-24/h11,14-15,18-21,23H,3-10,12-13,16-17,22H2,1-2H3. The molecule has 1 aromatic heterocycles. The topological polar surface area (TPSA) is 44.2 Å². The van der Waals surface area contributed by atoms with Crippen molar-refractivity contribution >= 4 is 22.8 Å². The Bertz CT molecular complexity index is 913. The summed E-state index contributed by atoms with van der Waals surface area (Å²) in [6, 6.07) is 13.8. The van der Waals surface area contributed by atoms with E-state index in [0.29, 0.717) is 11.7 Å². The molecule has 0 N–H and O–H groups in total. The number of ether oxygens (including phenoxy) is 2. The number of unbranched alkanes of at least 4 members (excludes halogenated alkanes) is 8. The van der Waals surface area contributed by atoms with E-state index in [-0.39, 0.29) is 0 Å². The molecule has 0 saturated heterocycles. The number of rotatable bonds is 17. The Labute approximate surface area is 204 Å². The highest BCUT2D eigenvalue weighted by Gasteiger charge is 2.17. The minimum absolute atomic E-state index is 0.585. The minimum atomic E-state index is 0.585. The van der Waals surface area contributed by atoms with E-state index in [9.17, 15) is 0 Å². The van der Waals surface area contributed by atoms with E-state index in [2.05, 4.69) is 22.6 Å². The zero-order valence-corrected chi connectivity index (χ0v) is 21.2. The zero-order valence-electron chi connectivity index (χ0n) is 20.4. The summed E-state index contributed by atoms with van der Waals surface area (Å²) < 4.78 is 21.5. The molecule has 1 heterocycles.